The quantitative estimate of drug-likeness (QED) is 0.759. The first-order valence-corrected chi connectivity index (χ1v) is 6.33. The monoisotopic (exact) mass is 239 g/mol. The fourth-order valence-electron chi connectivity index (χ4n) is 2.39. The van der Waals surface area contributed by atoms with Gasteiger partial charge < -0.3 is 4.90 Å². The van der Waals surface area contributed by atoms with Crippen molar-refractivity contribution in [1.82, 2.24) is 9.97 Å². The summed E-state index contributed by atoms with van der Waals surface area (Å²) in [6.07, 6.45) is 8.57. The van der Waals surface area contributed by atoms with E-state index in [2.05, 4.69) is 21.9 Å². The van der Waals surface area contributed by atoms with Crippen LogP contribution in [0.5, 0.6) is 0 Å². The van der Waals surface area contributed by atoms with Gasteiger partial charge >= 0.3 is 0 Å². The van der Waals surface area contributed by atoms with Crippen molar-refractivity contribution >= 4 is 17.4 Å². The van der Waals surface area contributed by atoms with E-state index in [1.165, 1.54) is 32.1 Å². The number of hydrogen-bond acceptors (Lipinski definition) is 3. The lowest BCUT2D eigenvalue weighted by atomic mass is 9.89. The zero-order chi connectivity index (χ0) is 11.4. The number of rotatable bonds is 3. The summed E-state index contributed by atoms with van der Waals surface area (Å²) in [4.78, 5) is 10.3. The Morgan fingerprint density at radius 1 is 1.38 bits per heavy atom. The summed E-state index contributed by atoms with van der Waals surface area (Å²) in [7, 11) is 2.08. The maximum atomic E-state index is 5.78. The van der Waals surface area contributed by atoms with Crippen molar-refractivity contribution in [3.63, 3.8) is 0 Å². The standard InChI is InChI=1S/C12H18ClN3/c1-16(9-10-5-3-2-4-6-10)11-7-8-14-12(13)15-11/h7-8,10H,2-6,9H2,1H3. The number of hydrogen-bond donors (Lipinski definition) is 0. The number of halogens is 1. The molecule has 1 aromatic rings. The summed E-state index contributed by atoms with van der Waals surface area (Å²) in [6.45, 7) is 1.08. The van der Waals surface area contributed by atoms with Crippen LogP contribution in [0.25, 0.3) is 0 Å². The smallest absolute Gasteiger partial charge is 0.224 e. The van der Waals surface area contributed by atoms with E-state index < -0.39 is 0 Å². The first-order valence-electron chi connectivity index (χ1n) is 5.95. The van der Waals surface area contributed by atoms with Crippen molar-refractivity contribution in [3.05, 3.63) is 17.5 Å². The molecular weight excluding hydrogens is 222 g/mol. The molecule has 1 aromatic heterocycles. The molecule has 16 heavy (non-hydrogen) atoms. The summed E-state index contributed by atoms with van der Waals surface area (Å²) in [5, 5.41) is 0.327. The van der Waals surface area contributed by atoms with Crippen molar-refractivity contribution in [1.29, 1.82) is 0 Å². The van der Waals surface area contributed by atoms with Crippen LogP contribution in [0.1, 0.15) is 32.1 Å². The molecule has 4 heteroatoms. The van der Waals surface area contributed by atoms with Gasteiger partial charge in [-0.2, -0.15) is 0 Å². The van der Waals surface area contributed by atoms with Crippen LogP contribution in [0.15, 0.2) is 12.3 Å². The van der Waals surface area contributed by atoms with Gasteiger partial charge in [-0.15, -0.1) is 0 Å². The lowest BCUT2D eigenvalue weighted by Gasteiger charge is -2.27. The van der Waals surface area contributed by atoms with Gasteiger partial charge in [0.1, 0.15) is 5.82 Å². The third kappa shape index (κ3) is 3.08. The van der Waals surface area contributed by atoms with Crippen molar-refractivity contribution in [2.45, 2.75) is 32.1 Å². The van der Waals surface area contributed by atoms with Gasteiger partial charge in [-0.25, -0.2) is 9.97 Å². The minimum absolute atomic E-state index is 0.327. The Hall–Kier alpha value is -0.830. The van der Waals surface area contributed by atoms with Crippen LogP contribution in [-0.2, 0) is 0 Å². The molecule has 2 rings (SSSR count). The van der Waals surface area contributed by atoms with E-state index >= 15 is 0 Å². The summed E-state index contributed by atoms with van der Waals surface area (Å²) in [6, 6.07) is 1.91. The van der Waals surface area contributed by atoms with E-state index in [0.717, 1.165) is 18.3 Å². The maximum Gasteiger partial charge on any atom is 0.224 e. The fraction of sp³-hybridized carbons (Fsp3) is 0.667. The minimum Gasteiger partial charge on any atom is -0.359 e. The van der Waals surface area contributed by atoms with Crippen LogP contribution < -0.4 is 4.90 Å². The number of anilines is 1. The van der Waals surface area contributed by atoms with E-state index in [1.807, 2.05) is 6.07 Å². The minimum atomic E-state index is 0.327. The molecule has 0 atom stereocenters. The molecule has 1 heterocycles. The molecule has 0 saturated heterocycles. The molecule has 0 radical (unpaired) electrons. The highest BCUT2D eigenvalue weighted by molar-refractivity contribution is 6.28. The van der Waals surface area contributed by atoms with Gasteiger partial charge in [0.25, 0.3) is 0 Å². The molecule has 0 N–H and O–H groups in total. The molecule has 88 valence electrons. The first kappa shape index (κ1) is 11.6. The second-order valence-electron chi connectivity index (χ2n) is 4.57. The number of nitrogens with zero attached hydrogens (tertiary/aromatic N) is 3. The molecular formula is C12H18ClN3. The van der Waals surface area contributed by atoms with Crippen LogP contribution in [0.2, 0.25) is 5.28 Å². The third-order valence-electron chi connectivity index (χ3n) is 3.26. The predicted molar refractivity (Wildman–Crippen MR) is 66.9 cm³/mol. The summed E-state index contributed by atoms with van der Waals surface area (Å²) in [5.74, 6) is 1.73. The highest BCUT2D eigenvalue weighted by atomic mass is 35.5. The molecule has 0 unspecified atom stereocenters. The van der Waals surface area contributed by atoms with E-state index in [4.69, 9.17) is 11.6 Å². The van der Waals surface area contributed by atoms with E-state index in [0.29, 0.717) is 5.28 Å². The van der Waals surface area contributed by atoms with Crippen LogP contribution in [0.3, 0.4) is 0 Å². The second kappa shape index (κ2) is 5.48. The molecule has 0 aliphatic heterocycles. The van der Waals surface area contributed by atoms with Crippen molar-refractivity contribution in [3.8, 4) is 0 Å². The van der Waals surface area contributed by atoms with Crippen molar-refractivity contribution in [2.24, 2.45) is 5.92 Å². The predicted octanol–water partition coefficient (Wildman–Crippen LogP) is 3.15. The van der Waals surface area contributed by atoms with Gasteiger partial charge in [-0.1, -0.05) is 19.3 Å². The normalized spacial score (nSPS) is 17.4. The highest BCUT2D eigenvalue weighted by Crippen LogP contribution is 2.25. The summed E-state index contributed by atoms with van der Waals surface area (Å²) in [5.41, 5.74) is 0. The molecule has 1 aliphatic carbocycles. The molecule has 0 aromatic carbocycles. The Morgan fingerprint density at radius 3 is 2.81 bits per heavy atom. The maximum absolute atomic E-state index is 5.78. The topological polar surface area (TPSA) is 29.0 Å². The first-order chi connectivity index (χ1) is 7.75. The highest BCUT2D eigenvalue weighted by Gasteiger charge is 2.16. The zero-order valence-corrected chi connectivity index (χ0v) is 10.5. The van der Waals surface area contributed by atoms with Gasteiger partial charge in [0.05, 0.1) is 0 Å². The van der Waals surface area contributed by atoms with Crippen molar-refractivity contribution < 1.29 is 0 Å². The molecule has 0 amide bonds. The van der Waals surface area contributed by atoms with Crippen LogP contribution >= 0.6 is 11.6 Å². The Labute approximate surface area is 102 Å². The SMILES string of the molecule is CN(CC1CCCCC1)c1ccnc(Cl)n1. The van der Waals surface area contributed by atoms with E-state index in [-0.39, 0.29) is 0 Å². The Kier molecular flexibility index (Phi) is 3.99. The average molecular weight is 240 g/mol. The molecule has 0 bridgehead atoms. The summed E-state index contributed by atoms with van der Waals surface area (Å²) < 4.78 is 0. The average Bonchev–Trinajstić information content (AvgIpc) is 2.30. The largest absolute Gasteiger partial charge is 0.359 e. The molecule has 0 spiro atoms. The van der Waals surface area contributed by atoms with Gasteiger partial charge in [-0.05, 0) is 36.4 Å². The molecule has 1 aliphatic rings. The molecule has 1 saturated carbocycles. The third-order valence-corrected chi connectivity index (χ3v) is 3.44. The van der Waals surface area contributed by atoms with Crippen LogP contribution in [0.4, 0.5) is 5.82 Å². The molecule has 1 fully saturated rings. The van der Waals surface area contributed by atoms with Gasteiger partial charge in [0.15, 0.2) is 0 Å². The lowest BCUT2D eigenvalue weighted by molar-refractivity contribution is 0.361. The Bertz CT molecular complexity index is 337. The zero-order valence-electron chi connectivity index (χ0n) is 9.69. The van der Waals surface area contributed by atoms with Gasteiger partial charge in [0, 0.05) is 19.8 Å². The fourth-order valence-corrected chi connectivity index (χ4v) is 2.53. The van der Waals surface area contributed by atoms with Gasteiger partial charge in [0.2, 0.25) is 5.28 Å². The van der Waals surface area contributed by atoms with E-state index in [1.54, 1.807) is 6.20 Å². The lowest BCUT2D eigenvalue weighted by Crippen LogP contribution is -2.27. The molecule has 3 nitrogen and oxygen atoms in total. The van der Waals surface area contributed by atoms with Crippen LogP contribution in [-0.4, -0.2) is 23.6 Å². The van der Waals surface area contributed by atoms with Crippen LogP contribution in [0, 0.1) is 5.92 Å². The Morgan fingerprint density at radius 2 is 2.12 bits per heavy atom. The van der Waals surface area contributed by atoms with Gasteiger partial charge in [-0.3, -0.25) is 0 Å². The second-order valence-corrected chi connectivity index (χ2v) is 4.91. The Balaban J connectivity index is 1.94. The van der Waals surface area contributed by atoms with E-state index in [9.17, 15) is 0 Å². The number of aromatic nitrogens is 2. The van der Waals surface area contributed by atoms with Crippen molar-refractivity contribution in [2.75, 3.05) is 18.5 Å². The summed E-state index contributed by atoms with van der Waals surface area (Å²) >= 11 is 5.78.